The molecule has 0 N–H and O–H groups in total. The predicted molar refractivity (Wildman–Crippen MR) is 95.1 cm³/mol. The highest BCUT2D eigenvalue weighted by molar-refractivity contribution is 6.02. The Bertz CT molecular complexity index is 1400. The van der Waals surface area contributed by atoms with Crippen molar-refractivity contribution in [2.45, 2.75) is 0 Å². The minimum absolute atomic E-state index is 1.06. The SMILES string of the molecule is c1ccc2c(c1)N=c1ccc3ccc4c(c3c1-2)=c1ccccc1=N4. The van der Waals surface area contributed by atoms with Crippen LogP contribution in [0.2, 0.25) is 0 Å². The molecule has 4 aromatic rings. The van der Waals surface area contributed by atoms with Gasteiger partial charge in [0, 0.05) is 27.0 Å². The maximum Gasteiger partial charge on any atom is 0.0723 e. The Kier molecular flexibility index (Phi) is 2.12. The van der Waals surface area contributed by atoms with Gasteiger partial charge in [-0.05, 0) is 29.7 Å². The van der Waals surface area contributed by atoms with Crippen molar-refractivity contribution in [2.75, 3.05) is 0 Å². The average molecular weight is 304 g/mol. The zero-order valence-corrected chi connectivity index (χ0v) is 12.8. The van der Waals surface area contributed by atoms with Gasteiger partial charge in [-0.15, -0.1) is 0 Å². The van der Waals surface area contributed by atoms with Gasteiger partial charge in [0.2, 0.25) is 0 Å². The molecule has 4 aromatic carbocycles. The first kappa shape index (κ1) is 12.2. The first-order valence-electron chi connectivity index (χ1n) is 8.12. The van der Waals surface area contributed by atoms with Gasteiger partial charge < -0.3 is 0 Å². The molecule has 2 heterocycles. The molecule has 0 aliphatic carbocycles. The molecule has 0 aromatic heterocycles. The summed E-state index contributed by atoms with van der Waals surface area (Å²) in [4.78, 5) is 9.63. The fourth-order valence-corrected chi connectivity index (χ4v) is 3.95. The third kappa shape index (κ3) is 1.41. The topological polar surface area (TPSA) is 24.7 Å². The molecule has 0 saturated heterocycles. The van der Waals surface area contributed by atoms with Crippen molar-refractivity contribution in [1.29, 1.82) is 0 Å². The standard InChI is InChI=1S/C22H12N2/c1-3-7-16-14(5-1)21-18(23-16)11-9-13-10-12-19-22(20(13)21)15-6-2-4-8-17(15)24-19/h1-12H. The molecule has 0 fully saturated rings. The van der Waals surface area contributed by atoms with E-state index in [9.17, 15) is 0 Å². The van der Waals surface area contributed by atoms with E-state index in [0.717, 1.165) is 22.1 Å². The average Bonchev–Trinajstić information content (AvgIpc) is 3.19. The lowest BCUT2D eigenvalue weighted by Gasteiger charge is -2.06. The van der Waals surface area contributed by atoms with Crippen LogP contribution in [0, 0.1) is 10.4 Å². The lowest BCUT2D eigenvalue weighted by atomic mass is 9.95. The van der Waals surface area contributed by atoms with E-state index in [1.807, 2.05) is 12.1 Å². The first-order chi connectivity index (χ1) is 11.9. The maximum absolute atomic E-state index is 4.82. The summed E-state index contributed by atoms with van der Waals surface area (Å²) >= 11 is 0. The zero-order chi connectivity index (χ0) is 15.7. The summed E-state index contributed by atoms with van der Waals surface area (Å²) in [5.74, 6) is 0. The fraction of sp³-hybridized carbons (Fsp3) is 0. The van der Waals surface area contributed by atoms with Gasteiger partial charge in [0.15, 0.2) is 0 Å². The van der Waals surface area contributed by atoms with Gasteiger partial charge in [0.1, 0.15) is 0 Å². The van der Waals surface area contributed by atoms with Crippen LogP contribution in [-0.2, 0) is 0 Å². The highest BCUT2D eigenvalue weighted by Gasteiger charge is 2.18. The second-order valence-electron chi connectivity index (χ2n) is 6.28. The van der Waals surface area contributed by atoms with Crippen LogP contribution in [0.5, 0.6) is 0 Å². The zero-order valence-electron chi connectivity index (χ0n) is 12.8. The summed E-state index contributed by atoms with van der Waals surface area (Å²) in [6, 6.07) is 25.4. The molecule has 2 aliphatic heterocycles. The molecule has 0 bridgehead atoms. The predicted octanol–water partition coefficient (Wildman–Crippen LogP) is 4.32. The van der Waals surface area contributed by atoms with E-state index in [2.05, 4.69) is 60.7 Å². The van der Waals surface area contributed by atoms with Gasteiger partial charge >= 0.3 is 0 Å². The van der Waals surface area contributed by atoms with Crippen LogP contribution >= 0.6 is 0 Å². The summed E-state index contributed by atoms with van der Waals surface area (Å²) in [5, 5.41) is 7.09. The molecule has 6 rings (SSSR count). The molecule has 0 atom stereocenters. The molecular formula is C22H12N2. The molecule has 2 aliphatic rings. The monoisotopic (exact) mass is 304 g/mol. The fourth-order valence-electron chi connectivity index (χ4n) is 3.95. The summed E-state index contributed by atoms with van der Waals surface area (Å²) in [5.41, 5.74) is 4.57. The number of hydrogen-bond acceptors (Lipinski definition) is 2. The molecule has 2 heteroatoms. The normalized spacial score (nSPS) is 12.8. The number of hydrogen-bond donors (Lipinski definition) is 0. The molecule has 0 saturated carbocycles. The second kappa shape index (κ2) is 4.18. The Morgan fingerprint density at radius 1 is 0.583 bits per heavy atom. The van der Waals surface area contributed by atoms with Gasteiger partial charge in [-0.3, -0.25) is 0 Å². The van der Waals surface area contributed by atoms with Crippen LogP contribution in [-0.4, -0.2) is 0 Å². The van der Waals surface area contributed by atoms with Crippen LogP contribution in [0.4, 0.5) is 11.4 Å². The van der Waals surface area contributed by atoms with Crippen molar-refractivity contribution in [1.82, 2.24) is 0 Å². The first-order valence-corrected chi connectivity index (χ1v) is 8.12. The Balaban J connectivity index is 1.97. The van der Waals surface area contributed by atoms with Crippen molar-refractivity contribution in [2.24, 2.45) is 9.98 Å². The van der Waals surface area contributed by atoms with E-state index in [-0.39, 0.29) is 0 Å². The van der Waals surface area contributed by atoms with Crippen molar-refractivity contribution in [3.8, 4) is 11.1 Å². The molecule has 0 radical (unpaired) electrons. The van der Waals surface area contributed by atoms with Crippen LogP contribution in [0.15, 0.2) is 82.8 Å². The van der Waals surface area contributed by atoms with E-state index in [4.69, 9.17) is 9.98 Å². The smallest absolute Gasteiger partial charge is 0.0723 e. The van der Waals surface area contributed by atoms with Crippen molar-refractivity contribution >= 4 is 22.1 Å². The maximum atomic E-state index is 4.82. The van der Waals surface area contributed by atoms with Crippen molar-refractivity contribution in [3.63, 3.8) is 0 Å². The number of para-hydroxylation sites is 2. The Morgan fingerprint density at radius 2 is 1.38 bits per heavy atom. The molecule has 0 spiro atoms. The van der Waals surface area contributed by atoms with Crippen molar-refractivity contribution in [3.05, 3.63) is 93.9 Å². The molecule has 0 unspecified atom stereocenters. The van der Waals surface area contributed by atoms with Gasteiger partial charge in [-0.25, -0.2) is 9.98 Å². The van der Waals surface area contributed by atoms with E-state index in [1.165, 1.54) is 32.3 Å². The number of rotatable bonds is 0. The minimum atomic E-state index is 1.06. The molecule has 2 nitrogen and oxygen atoms in total. The van der Waals surface area contributed by atoms with Crippen LogP contribution < -0.4 is 10.7 Å². The van der Waals surface area contributed by atoms with Gasteiger partial charge in [-0.2, -0.15) is 0 Å². The third-order valence-electron chi connectivity index (χ3n) is 4.97. The van der Waals surface area contributed by atoms with E-state index in [0.29, 0.717) is 0 Å². The van der Waals surface area contributed by atoms with E-state index >= 15 is 0 Å². The lowest BCUT2D eigenvalue weighted by Crippen LogP contribution is -2.01. The summed E-state index contributed by atoms with van der Waals surface area (Å²) < 4.78 is 0. The Hall–Kier alpha value is -3.26. The summed E-state index contributed by atoms with van der Waals surface area (Å²) in [6.07, 6.45) is 0. The minimum Gasteiger partial charge on any atom is -0.248 e. The van der Waals surface area contributed by atoms with Gasteiger partial charge in [-0.1, -0.05) is 48.5 Å². The second-order valence-corrected chi connectivity index (χ2v) is 6.28. The van der Waals surface area contributed by atoms with Gasteiger partial charge in [0.25, 0.3) is 0 Å². The number of fused-ring (bicyclic) bond motifs is 8. The highest BCUT2D eigenvalue weighted by Crippen LogP contribution is 2.39. The Morgan fingerprint density at radius 3 is 2.38 bits per heavy atom. The number of nitrogens with zero attached hydrogens (tertiary/aromatic N) is 2. The largest absolute Gasteiger partial charge is 0.248 e. The van der Waals surface area contributed by atoms with Crippen LogP contribution in [0.3, 0.4) is 0 Å². The van der Waals surface area contributed by atoms with Crippen molar-refractivity contribution < 1.29 is 0 Å². The number of benzene rings is 4. The third-order valence-corrected chi connectivity index (χ3v) is 4.97. The summed E-state index contributed by atoms with van der Waals surface area (Å²) in [7, 11) is 0. The summed E-state index contributed by atoms with van der Waals surface area (Å²) in [6.45, 7) is 0. The van der Waals surface area contributed by atoms with Crippen LogP contribution in [0.25, 0.3) is 21.9 Å². The molecule has 110 valence electrons. The molecular weight excluding hydrogens is 292 g/mol. The molecule has 24 heavy (non-hydrogen) atoms. The molecule has 0 amide bonds. The highest BCUT2D eigenvalue weighted by atomic mass is 14.8. The lowest BCUT2D eigenvalue weighted by molar-refractivity contribution is 1.37. The Labute approximate surface area is 137 Å². The quantitative estimate of drug-likeness (QED) is 0.399. The van der Waals surface area contributed by atoms with Gasteiger partial charge in [0.05, 0.1) is 22.1 Å². The van der Waals surface area contributed by atoms with E-state index in [1.54, 1.807) is 0 Å². The van der Waals surface area contributed by atoms with Crippen LogP contribution in [0.1, 0.15) is 0 Å². The van der Waals surface area contributed by atoms with E-state index < -0.39 is 0 Å².